The molecule has 0 spiro atoms. The van der Waals surface area contributed by atoms with Crippen molar-refractivity contribution >= 4 is 43.2 Å². The standard InChI is InChI=1S/C22H21BrN2O3S/c1-16-8-13-19(14-21(16)23)24-22(26)18-11-9-17(10-12-18)15-25(29(2,27)28)20-6-4-3-5-7-20/h3-14H,15H2,1-2H3,(H,24,26). The fourth-order valence-electron chi connectivity index (χ4n) is 2.80. The molecule has 0 aliphatic rings. The summed E-state index contributed by atoms with van der Waals surface area (Å²) in [6, 6.07) is 21.5. The summed E-state index contributed by atoms with van der Waals surface area (Å²) in [4.78, 5) is 12.5. The molecule has 0 unspecified atom stereocenters. The van der Waals surface area contributed by atoms with Crippen LogP contribution in [0.25, 0.3) is 0 Å². The smallest absolute Gasteiger partial charge is 0.255 e. The molecule has 0 saturated heterocycles. The molecule has 0 aliphatic carbocycles. The van der Waals surface area contributed by atoms with Crippen molar-refractivity contribution < 1.29 is 13.2 Å². The number of aryl methyl sites for hydroxylation is 1. The van der Waals surface area contributed by atoms with Gasteiger partial charge >= 0.3 is 0 Å². The molecular formula is C22H21BrN2O3S. The lowest BCUT2D eigenvalue weighted by molar-refractivity contribution is 0.102. The third kappa shape index (κ3) is 5.46. The van der Waals surface area contributed by atoms with Crippen molar-refractivity contribution in [2.45, 2.75) is 13.5 Å². The highest BCUT2D eigenvalue weighted by Crippen LogP contribution is 2.22. The minimum Gasteiger partial charge on any atom is -0.322 e. The first kappa shape index (κ1) is 21.1. The van der Waals surface area contributed by atoms with Crippen molar-refractivity contribution in [3.05, 3.63) is 94.0 Å². The number of sulfonamides is 1. The summed E-state index contributed by atoms with van der Waals surface area (Å²) in [6.07, 6.45) is 1.18. The Morgan fingerprint density at radius 1 is 1.00 bits per heavy atom. The molecule has 3 aromatic carbocycles. The van der Waals surface area contributed by atoms with Crippen LogP contribution in [0, 0.1) is 6.92 Å². The average Bonchev–Trinajstić information content (AvgIpc) is 2.69. The fourth-order valence-corrected chi connectivity index (χ4v) is 4.06. The van der Waals surface area contributed by atoms with E-state index in [0.29, 0.717) is 16.9 Å². The molecule has 0 saturated carbocycles. The van der Waals surface area contributed by atoms with Crippen LogP contribution in [0.2, 0.25) is 0 Å². The minimum absolute atomic E-state index is 0.190. The van der Waals surface area contributed by atoms with E-state index in [4.69, 9.17) is 0 Å². The number of rotatable bonds is 6. The van der Waals surface area contributed by atoms with E-state index >= 15 is 0 Å². The summed E-state index contributed by atoms with van der Waals surface area (Å²) in [5, 5.41) is 2.86. The van der Waals surface area contributed by atoms with Gasteiger partial charge in [0.25, 0.3) is 5.91 Å². The molecule has 0 heterocycles. The van der Waals surface area contributed by atoms with Gasteiger partial charge in [-0.3, -0.25) is 9.10 Å². The molecule has 3 rings (SSSR count). The second-order valence-electron chi connectivity index (χ2n) is 6.72. The Labute approximate surface area is 179 Å². The Bertz CT molecular complexity index is 1110. The van der Waals surface area contributed by atoms with Crippen LogP contribution in [0.15, 0.2) is 77.3 Å². The van der Waals surface area contributed by atoms with Gasteiger partial charge in [-0.1, -0.05) is 52.3 Å². The Kier molecular flexibility index (Phi) is 6.39. The number of para-hydroxylation sites is 1. The van der Waals surface area contributed by atoms with Crippen molar-refractivity contribution in [2.75, 3.05) is 15.9 Å². The molecule has 7 heteroatoms. The summed E-state index contributed by atoms with van der Waals surface area (Å²) < 4.78 is 26.7. The molecule has 3 aromatic rings. The summed E-state index contributed by atoms with van der Waals surface area (Å²) >= 11 is 3.45. The van der Waals surface area contributed by atoms with Gasteiger partial charge in [0.05, 0.1) is 18.5 Å². The molecule has 0 aromatic heterocycles. The number of carbonyl (C=O) groups is 1. The van der Waals surface area contributed by atoms with Gasteiger partial charge in [0, 0.05) is 15.7 Å². The number of nitrogens with zero attached hydrogens (tertiary/aromatic N) is 1. The van der Waals surface area contributed by atoms with Crippen LogP contribution >= 0.6 is 15.9 Å². The maximum absolute atomic E-state index is 12.5. The number of anilines is 2. The largest absolute Gasteiger partial charge is 0.322 e. The van der Waals surface area contributed by atoms with Crippen molar-refractivity contribution in [1.29, 1.82) is 0 Å². The summed E-state index contributed by atoms with van der Waals surface area (Å²) in [7, 11) is -3.44. The lowest BCUT2D eigenvalue weighted by atomic mass is 10.1. The van der Waals surface area contributed by atoms with E-state index in [1.54, 1.807) is 48.5 Å². The van der Waals surface area contributed by atoms with Crippen molar-refractivity contribution in [2.24, 2.45) is 0 Å². The Balaban J connectivity index is 1.75. The number of carbonyl (C=O) groups excluding carboxylic acids is 1. The fraction of sp³-hybridized carbons (Fsp3) is 0.136. The Morgan fingerprint density at radius 3 is 2.24 bits per heavy atom. The summed E-state index contributed by atoms with van der Waals surface area (Å²) in [5.74, 6) is -0.227. The molecular weight excluding hydrogens is 452 g/mol. The molecule has 1 amide bonds. The first-order valence-corrected chi connectivity index (χ1v) is 11.6. The predicted octanol–water partition coefficient (Wildman–Crippen LogP) is 4.98. The number of hydrogen-bond donors (Lipinski definition) is 1. The molecule has 0 fully saturated rings. The van der Waals surface area contributed by atoms with Gasteiger partial charge in [-0.2, -0.15) is 0 Å². The third-order valence-corrected chi connectivity index (χ3v) is 6.41. The number of nitrogens with one attached hydrogen (secondary N) is 1. The maximum Gasteiger partial charge on any atom is 0.255 e. The van der Waals surface area contributed by atoms with E-state index in [9.17, 15) is 13.2 Å². The highest BCUT2D eigenvalue weighted by molar-refractivity contribution is 9.10. The lowest BCUT2D eigenvalue weighted by Gasteiger charge is -2.22. The van der Waals surface area contributed by atoms with Crippen LogP contribution in [0.1, 0.15) is 21.5 Å². The van der Waals surface area contributed by atoms with Crippen molar-refractivity contribution in [3.63, 3.8) is 0 Å². The lowest BCUT2D eigenvalue weighted by Crippen LogP contribution is -2.29. The van der Waals surface area contributed by atoms with Crippen LogP contribution < -0.4 is 9.62 Å². The van der Waals surface area contributed by atoms with E-state index in [0.717, 1.165) is 15.6 Å². The number of hydrogen-bond acceptors (Lipinski definition) is 3. The zero-order valence-electron chi connectivity index (χ0n) is 16.1. The zero-order valence-corrected chi connectivity index (χ0v) is 18.5. The molecule has 0 atom stereocenters. The Hall–Kier alpha value is -2.64. The van der Waals surface area contributed by atoms with Crippen LogP contribution in [0.3, 0.4) is 0 Å². The van der Waals surface area contributed by atoms with Gasteiger partial charge < -0.3 is 5.32 Å². The summed E-state index contributed by atoms with van der Waals surface area (Å²) in [5.41, 5.74) is 3.66. The highest BCUT2D eigenvalue weighted by atomic mass is 79.9. The summed E-state index contributed by atoms with van der Waals surface area (Å²) in [6.45, 7) is 2.17. The quantitative estimate of drug-likeness (QED) is 0.550. The second-order valence-corrected chi connectivity index (χ2v) is 9.48. The normalized spacial score (nSPS) is 11.1. The Morgan fingerprint density at radius 2 is 1.66 bits per heavy atom. The second kappa shape index (κ2) is 8.80. The molecule has 29 heavy (non-hydrogen) atoms. The van der Waals surface area contributed by atoms with Crippen molar-refractivity contribution in [3.8, 4) is 0 Å². The third-order valence-electron chi connectivity index (χ3n) is 4.42. The SMILES string of the molecule is Cc1ccc(NC(=O)c2ccc(CN(c3ccccc3)S(C)(=O)=O)cc2)cc1Br. The van der Waals surface area contributed by atoms with Gasteiger partial charge in [-0.25, -0.2) is 8.42 Å². The average molecular weight is 473 g/mol. The van der Waals surface area contributed by atoms with Crippen LogP contribution in [0.4, 0.5) is 11.4 Å². The monoisotopic (exact) mass is 472 g/mol. The van der Waals surface area contributed by atoms with Gasteiger partial charge in [0.2, 0.25) is 10.0 Å². The van der Waals surface area contributed by atoms with Gasteiger partial charge in [-0.05, 0) is 54.4 Å². The molecule has 0 radical (unpaired) electrons. The number of amides is 1. The molecule has 5 nitrogen and oxygen atoms in total. The van der Waals surface area contributed by atoms with Gasteiger partial charge in [-0.15, -0.1) is 0 Å². The molecule has 1 N–H and O–H groups in total. The van der Waals surface area contributed by atoms with E-state index in [1.807, 2.05) is 31.2 Å². The van der Waals surface area contributed by atoms with E-state index in [2.05, 4.69) is 21.2 Å². The van der Waals surface area contributed by atoms with Crippen LogP contribution in [-0.2, 0) is 16.6 Å². The predicted molar refractivity (Wildman–Crippen MR) is 121 cm³/mol. The van der Waals surface area contributed by atoms with Gasteiger partial charge in [0.1, 0.15) is 0 Å². The van der Waals surface area contributed by atoms with Gasteiger partial charge in [0.15, 0.2) is 0 Å². The van der Waals surface area contributed by atoms with Crippen molar-refractivity contribution in [1.82, 2.24) is 0 Å². The van der Waals surface area contributed by atoms with E-state index < -0.39 is 10.0 Å². The minimum atomic E-state index is -3.44. The number of benzene rings is 3. The first-order chi connectivity index (χ1) is 13.7. The number of halogens is 1. The van der Waals surface area contributed by atoms with Crippen LogP contribution in [0.5, 0.6) is 0 Å². The highest BCUT2D eigenvalue weighted by Gasteiger charge is 2.18. The maximum atomic E-state index is 12.5. The molecule has 0 aliphatic heterocycles. The molecule has 0 bridgehead atoms. The molecule has 150 valence electrons. The topological polar surface area (TPSA) is 66.5 Å². The zero-order chi connectivity index (χ0) is 21.0. The van der Waals surface area contributed by atoms with E-state index in [1.165, 1.54) is 10.6 Å². The van der Waals surface area contributed by atoms with E-state index in [-0.39, 0.29) is 12.5 Å². The van der Waals surface area contributed by atoms with Crippen LogP contribution in [-0.4, -0.2) is 20.6 Å². The first-order valence-electron chi connectivity index (χ1n) is 8.93.